The number of rotatable bonds is 9. The number of aromatic nitrogens is 2. The van der Waals surface area contributed by atoms with Gasteiger partial charge in [-0.25, -0.2) is 4.79 Å². The van der Waals surface area contributed by atoms with Gasteiger partial charge in [0.05, 0.1) is 13.2 Å². The normalized spacial score (nSPS) is 24.9. The molecule has 1 aliphatic rings. The summed E-state index contributed by atoms with van der Waals surface area (Å²) < 4.78 is 21.7. The lowest BCUT2D eigenvalue weighted by molar-refractivity contribution is -0.167. The van der Waals surface area contributed by atoms with E-state index in [4.69, 9.17) is 24.2 Å². The largest absolute Gasteiger partial charge is 0.462 e. The van der Waals surface area contributed by atoms with Gasteiger partial charge < -0.3 is 29.2 Å². The van der Waals surface area contributed by atoms with Gasteiger partial charge >= 0.3 is 11.7 Å². The third-order valence-corrected chi connectivity index (χ3v) is 4.35. The summed E-state index contributed by atoms with van der Waals surface area (Å²) in [5, 5.41) is 29.2. The molecule has 0 unspecified atom stereocenters. The first-order valence-corrected chi connectivity index (χ1v) is 8.43. The third-order valence-electron chi connectivity index (χ3n) is 4.35. The molecule has 12 nitrogen and oxygen atoms in total. The van der Waals surface area contributed by atoms with Crippen LogP contribution < -0.4 is 11.2 Å². The summed E-state index contributed by atoms with van der Waals surface area (Å²) in [6.07, 6.45) is -3.94. The molecule has 2 heterocycles. The van der Waals surface area contributed by atoms with Gasteiger partial charge in [-0.1, -0.05) is 0 Å². The van der Waals surface area contributed by atoms with E-state index in [1.807, 2.05) is 0 Å². The minimum atomic E-state index is -1.46. The molecule has 158 valence electrons. The number of nitrogens with zero attached hydrogens (tertiary/aromatic N) is 2. The summed E-state index contributed by atoms with van der Waals surface area (Å²) in [4.78, 5) is 27.9. The van der Waals surface area contributed by atoms with Crippen LogP contribution in [0.5, 0.6) is 0 Å². The van der Waals surface area contributed by atoms with Crippen LogP contribution in [0.25, 0.3) is 0 Å². The Morgan fingerprint density at radius 1 is 1.32 bits per heavy atom. The van der Waals surface area contributed by atoms with Crippen molar-refractivity contribution < 1.29 is 39.2 Å². The molecule has 12 heteroatoms. The summed E-state index contributed by atoms with van der Waals surface area (Å²) in [6, 6.07) is 1.28. The topological polar surface area (TPSA) is 162 Å². The molecule has 1 aromatic rings. The van der Waals surface area contributed by atoms with E-state index < -0.39 is 41.6 Å². The number of ether oxygens (including phenoxy) is 4. The van der Waals surface area contributed by atoms with Gasteiger partial charge in [0.25, 0.3) is 0 Å². The molecule has 1 aromatic heterocycles. The number of methoxy groups -OCH3 is 2. The monoisotopic (exact) mass is 403 g/mol. The highest BCUT2D eigenvalue weighted by Crippen LogP contribution is 2.29. The standard InChI is InChI=1S/C16H25N3O9/c1-16(7-25-2,8-26-3)14(22)27-6-9-11(20)12(21)13(28-9)19-5-4-10(18-24)17-15(19)23/h4-5,9,11-13,20-21,24H,6-8H2,1-3H3,(H,17,18,23)/t9-,11-,12-,13-/m1/s1. The number of nitrogens with one attached hydrogen (secondary N) is 1. The van der Waals surface area contributed by atoms with Crippen molar-refractivity contribution in [2.75, 3.05) is 39.5 Å². The summed E-state index contributed by atoms with van der Waals surface area (Å²) in [5.74, 6) is -0.711. The van der Waals surface area contributed by atoms with Crippen LogP contribution >= 0.6 is 0 Å². The fourth-order valence-corrected chi connectivity index (χ4v) is 2.89. The Morgan fingerprint density at radius 3 is 2.50 bits per heavy atom. The molecule has 1 fully saturated rings. The molecule has 1 saturated heterocycles. The molecule has 0 radical (unpaired) electrons. The second kappa shape index (κ2) is 9.41. The Balaban J connectivity index is 2.06. The highest BCUT2D eigenvalue weighted by Gasteiger charge is 2.45. The van der Waals surface area contributed by atoms with Gasteiger partial charge in [-0.3, -0.25) is 20.0 Å². The zero-order valence-corrected chi connectivity index (χ0v) is 15.8. The number of carbonyl (C=O) groups excluding carboxylic acids is 1. The van der Waals surface area contributed by atoms with Crippen LogP contribution in [0.2, 0.25) is 0 Å². The van der Waals surface area contributed by atoms with Crippen molar-refractivity contribution in [2.24, 2.45) is 5.41 Å². The van der Waals surface area contributed by atoms with Gasteiger partial charge in [0.15, 0.2) is 12.0 Å². The number of aliphatic hydroxyl groups is 2. The molecular formula is C16H25N3O9. The third kappa shape index (κ3) is 4.66. The summed E-state index contributed by atoms with van der Waals surface area (Å²) in [5.41, 5.74) is -0.149. The molecule has 0 saturated carbocycles. The predicted molar refractivity (Wildman–Crippen MR) is 92.6 cm³/mol. The number of hydrogen-bond donors (Lipinski definition) is 4. The Bertz CT molecular complexity index is 720. The van der Waals surface area contributed by atoms with Gasteiger partial charge in [0.2, 0.25) is 0 Å². The second-order valence-electron chi connectivity index (χ2n) is 6.69. The lowest BCUT2D eigenvalue weighted by Crippen LogP contribution is -2.41. The molecule has 2 rings (SSSR count). The molecule has 4 N–H and O–H groups in total. The van der Waals surface area contributed by atoms with E-state index in [-0.39, 0.29) is 25.6 Å². The zero-order valence-electron chi connectivity index (χ0n) is 15.8. The van der Waals surface area contributed by atoms with Crippen molar-refractivity contribution in [3.8, 4) is 0 Å². The molecule has 0 aliphatic carbocycles. The van der Waals surface area contributed by atoms with Crippen molar-refractivity contribution in [3.05, 3.63) is 22.7 Å². The van der Waals surface area contributed by atoms with Crippen LogP contribution in [0, 0.1) is 5.41 Å². The summed E-state index contributed by atoms with van der Waals surface area (Å²) in [6.45, 7) is 1.37. The van der Waals surface area contributed by atoms with Crippen LogP contribution in [-0.2, 0) is 23.7 Å². The quantitative estimate of drug-likeness (QED) is 0.281. The highest BCUT2D eigenvalue weighted by atomic mass is 16.6. The molecule has 4 atom stereocenters. The maximum absolute atomic E-state index is 12.4. The molecule has 0 aromatic carbocycles. The first-order valence-electron chi connectivity index (χ1n) is 8.43. The first kappa shape index (κ1) is 22.2. The molecule has 0 amide bonds. The van der Waals surface area contributed by atoms with E-state index in [1.54, 1.807) is 12.4 Å². The minimum absolute atomic E-state index is 0.0608. The predicted octanol–water partition coefficient (Wildman–Crippen LogP) is -1.49. The van der Waals surface area contributed by atoms with E-state index in [0.29, 0.717) is 0 Å². The average Bonchev–Trinajstić information content (AvgIpc) is 2.94. The van der Waals surface area contributed by atoms with E-state index in [9.17, 15) is 19.8 Å². The van der Waals surface area contributed by atoms with Gasteiger partial charge in [0.1, 0.15) is 30.3 Å². The highest BCUT2D eigenvalue weighted by molar-refractivity contribution is 5.76. The second-order valence-corrected chi connectivity index (χ2v) is 6.69. The number of anilines is 1. The van der Waals surface area contributed by atoms with Crippen molar-refractivity contribution >= 4 is 11.8 Å². The Kier molecular flexibility index (Phi) is 7.46. The van der Waals surface area contributed by atoms with Gasteiger partial charge in [-0.15, -0.1) is 0 Å². The van der Waals surface area contributed by atoms with Crippen LogP contribution in [0.15, 0.2) is 17.1 Å². The van der Waals surface area contributed by atoms with Crippen LogP contribution in [-0.4, -0.2) is 83.3 Å². The lowest BCUT2D eigenvalue weighted by atomic mass is 9.93. The molecule has 28 heavy (non-hydrogen) atoms. The number of esters is 1. The van der Waals surface area contributed by atoms with E-state index in [2.05, 4.69) is 4.98 Å². The molecule has 0 spiro atoms. The maximum atomic E-state index is 12.4. The van der Waals surface area contributed by atoms with Crippen molar-refractivity contribution in [1.29, 1.82) is 0 Å². The van der Waals surface area contributed by atoms with E-state index in [1.165, 1.54) is 26.5 Å². The fraction of sp³-hybridized carbons (Fsp3) is 0.688. The minimum Gasteiger partial charge on any atom is -0.462 e. The van der Waals surface area contributed by atoms with Crippen molar-refractivity contribution in [2.45, 2.75) is 31.5 Å². The van der Waals surface area contributed by atoms with Crippen LogP contribution in [0.3, 0.4) is 0 Å². The molecule has 1 aliphatic heterocycles. The van der Waals surface area contributed by atoms with Crippen LogP contribution in [0.4, 0.5) is 5.82 Å². The SMILES string of the molecule is COCC(C)(COC)C(=O)OC[C@H]1O[C@@H](n2ccc(NO)nc2=O)[C@H](O)[C@@H]1O. The van der Waals surface area contributed by atoms with Crippen molar-refractivity contribution in [1.82, 2.24) is 9.55 Å². The van der Waals surface area contributed by atoms with Crippen molar-refractivity contribution in [3.63, 3.8) is 0 Å². The Labute approximate surface area is 160 Å². The molecular weight excluding hydrogens is 378 g/mol. The van der Waals surface area contributed by atoms with Crippen LogP contribution in [0.1, 0.15) is 13.2 Å². The van der Waals surface area contributed by atoms with Gasteiger partial charge in [0, 0.05) is 20.4 Å². The van der Waals surface area contributed by atoms with E-state index >= 15 is 0 Å². The van der Waals surface area contributed by atoms with Gasteiger partial charge in [-0.05, 0) is 13.0 Å². The maximum Gasteiger partial charge on any atom is 0.351 e. The van der Waals surface area contributed by atoms with E-state index in [0.717, 1.165) is 4.57 Å². The zero-order chi connectivity index (χ0) is 20.9. The van der Waals surface area contributed by atoms with Gasteiger partial charge in [-0.2, -0.15) is 4.98 Å². The Morgan fingerprint density at radius 2 is 1.96 bits per heavy atom. The molecule has 0 bridgehead atoms. The fourth-order valence-electron chi connectivity index (χ4n) is 2.89. The number of carbonyl (C=O) groups is 1. The average molecular weight is 403 g/mol. The summed E-state index contributed by atoms with van der Waals surface area (Å²) >= 11 is 0. The summed E-state index contributed by atoms with van der Waals surface area (Å²) in [7, 11) is 2.88. The first-order chi connectivity index (χ1) is 13.3. The smallest absolute Gasteiger partial charge is 0.351 e. The number of hydrogen-bond acceptors (Lipinski definition) is 11. The lowest BCUT2D eigenvalue weighted by Gasteiger charge is -2.26. The number of aliphatic hydroxyl groups excluding tert-OH is 2. The Hall–Kier alpha value is -2.09.